The van der Waals surface area contributed by atoms with Crippen molar-refractivity contribution in [3.8, 4) is 0 Å². The summed E-state index contributed by atoms with van der Waals surface area (Å²) >= 11 is 3.18. The first-order valence-electron chi connectivity index (χ1n) is 7.42. The maximum atomic E-state index is 12.1. The summed E-state index contributed by atoms with van der Waals surface area (Å²) in [6, 6.07) is 4.36. The van der Waals surface area contributed by atoms with Crippen LogP contribution in [0.1, 0.15) is 30.6 Å². The van der Waals surface area contributed by atoms with Crippen LogP contribution in [0, 0.1) is 0 Å². The third-order valence-electron chi connectivity index (χ3n) is 3.35. The van der Waals surface area contributed by atoms with Crippen LogP contribution in [0.4, 0.5) is 0 Å². The molecule has 0 saturated heterocycles. The second kappa shape index (κ2) is 8.53. The molecule has 2 rings (SSSR count). The Morgan fingerprint density at radius 2 is 2.10 bits per heavy atom. The number of thiophene rings is 1. The van der Waals surface area contributed by atoms with E-state index in [9.17, 15) is 8.42 Å². The highest BCUT2D eigenvalue weighted by Gasteiger charge is 2.20. The highest BCUT2D eigenvalue weighted by atomic mass is 32.2. The summed E-state index contributed by atoms with van der Waals surface area (Å²) in [6.45, 7) is 1.46. The van der Waals surface area contributed by atoms with Crippen LogP contribution in [0.3, 0.4) is 0 Å². The van der Waals surface area contributed by atoms with Crippen LogP contribution in [0.2, 0.25) is 0 Å². The molecule has 0 aliphatic heterocycles. The number of unbranched alkanes of at least 4 members (excludes halogenated alkanes) is 1. The van der Waals surface area contributed by atoms with Gasteiger partial charge in [0.1, 0.15) is 4.21 Å². The van der Waals surface area contributed by atoms with Gasteiger partial charge in [-0.2, -0.15) is 11.8 Å². The minimum atomic E-state index is -3.31. The van der Waals surface area contributed by atoms with Crippen molar-refractivity contribution in [1.29, 1.82) is 0 Å². The Hall–Kier alpha value is -0.0800. The lowest BCUT2D eigenvalue weighted by atomic mass is 10.3. The first-order chi connectivity index (χ1) is 10.1. The Labute approximate surface area is 136 Å². The maximum absolute atomic E-state index is 12.1. The van der Waals surface area contributed by atoms with Gasteiger partial charge in [-0.1, -0.05) is 0 Å². The van der Waals surface area contributed by atoms with Gasteiger partial charge in [-0.05, 0) is 56.2 Å². The normalized spacial score (nSPS) is 15.5. The van der Waals surface area contributed by atoms with E-state index in [2.05, 4.69) is 16.3 Å². The van der Waals surface area contributed by atoms with Crippen molar-refractivity contribution >= 4 is 33.1 Å². The number of sulfonamides is 1. The van der Waals surface area contributed by atoms with Gasteiger partial charge in [-0.15, -0.1) is 11.3 Å². The summed E-state index contributed by atoms with van der Waals surface area (Å²) in [5.74, 6) is 1.08. The lowest BCUT2D eigenvalue weighted by Crippen LogP contribution is -2.24. The summed E-state index contributed by atoms with van der Waals surface area (Å²) in [4.78, 5) is 1.13. The Morgan fingerprint density at radius 3 is 2.81 bits per heavy atom. The van der Waals surface area contributed by atoms with Gasteiger partial charge in [-0.3, -0.25) is 0 Å². The van der Waals surface area contributed by atoms with Gasteiger partial charge >= 0.3 is 0 Å². The molecule has 0 radical (unpaired) electrons. The molecule has 21 heavy (non-hydrogen) atoms. The van der Waals surface area contributed by atoms with Crippen LogP contribution in [0.25, 0.3) is 0 Å². The Morgan fingerprint density at radius 1 is 1.29 bits per heavy atom. The average molecular weight is 349 g/mol. The number of nitrogens with one attached hydrogen (secondary N) is 2. The first-order valence-corrected chi connectivity index (χ1v) is 11.1. The van der Waals surface area contributed by atoms with E-state index in [0.717, 1.165) is 36.4 Å². The van der Waals surface area contributed by atoms with Crippen molar-refractivity contribution in [2.75, 3.05) is 25.1 Å². The fraction of sp³-hybridized carbons (Fsp3) is 0.714. The Bertz CT molecular complexity index is 524. The van der Waals surface area contributed by atoms with Crippen molar-refractivity contribution in [3.05, 3.63) is 17.0 Å². The monoisotopic (exact) mass is 348 g/mol. The van der Waals surface area contributed by atoms with Crippen LogP contribution in [-0.4, -0.2) is 39.6 Å². The summed E-state index contributed by atoms with van der Waals surface area (Å²) in [5, 5.41) is 3.45. The molecule has 0 amide bonds. The van der Waals surface area contributed by atoms with Gasteiger partial charge in [-0.25, -0.2) is 13.1 Å². The number of hydrogen-bond acceptors (Lipinski definition) is 5. The molecule has 4 nitrogen and oxygen atoms in total. The van der Waals surface area contributed by atoms with Crippen molar-refractivity contribution in [2.45, 2.75) is 42.4 Å². The van der Waals surface area contributed by atoms with E-state index in [-0.39, 0.29) is 0 Å². The Kier molecular flexibility index (Phi) is 7.01. The van der Waals surface area contributed by atoms with E-state index in [0.29, 0.717) is 16.8 Å². The van der Waals surface area contributed by atoms with Gasteiger partial charge in [0.05, 0.1) is 0 Å². The van der Waals surface area contributed by atoms with Crippen molar-refractivity contribution in [3.63, 3.8) is 0 Å². The van der Waals surface area contributed by atoms with Gasteiger partial charge in [0.15, 0.2) is 0 Å². The molecule has 1 saturated carbocycles. The van der Waals surface area contributed by atoms with Crippen molar-refractivity contribution < 1.29 is 8.42 Å². The molecule has 1 aliphatic rings. The van der Waals surface area contributed by atoms with Gasteiger partial charge in [0.2, 0.25) is 10.0 Å². The first kappa shape index (κ1) is 17.3. The van der Waals surface area contributed by atoms with Crippen molar-refractivity contribution in [1.82, 2.24) is 10.0 Å². The van der Waals surface area contributed by atoms with Crippen LogP contribution in [0.5, 0.6) is 0 Å². The van der Waals surface area contributed by atoms with Gasteiger partial charge in [0, 0.05) is 24.0 Å². The lowest BCUT2D eigenvalue weighted by molar-refractivity contribution is 0.580. The molecule has 0 spiro atoms. The minimum Gasteiger partial charge on any atom is -0.314 e. The van der Waals surface area contributed by atoms with E-state index < -0.39 is 10.0 Å². The lowest BCUT2D eigenvalue weighted by Gasteiger charge is -2.04. The molecule has 0 aromatic carbocycles. The molecule has 1 heterocycles. The zero-order valence-electron chi connectivity index (χ0n) is 12.4. The molecule has 1 aromatic heterocycles. The molecule has 1 aliphatic carbocycles. The number of thioether (sulfide) groups is 1. The predicted molar refractivity (Wildman–Crippen MR) is 91.9 cm³/mol. The largest absolute Gasteiger partial charge is 0.314 e. The average Bonchev–Trinajstić information content (AvgIpc) is 3.14. The zero-order chi connectivity index (χ0) is 15.1. The molecule has 1 fully saturated rings. The molecule has 1 aromatic rings. The molecule has 0 bridgehead atoms. The SMILES string of the molecule is CSCCCCNS(=O)(=O)c1ccc(CCNC2CC2)s1. The minimum absolute atomic E-state index is 0.439. The highest BCUT2D eigenvalue weighted by molar-refractivity contribution is 7.98. The zero-order valence-corrected chi connectivity index (χ0v) is 14.9. The van der Waals surface area contributed by atoms with Crippen LogP contribution in [-0.2, 0) is 16.4 Å². The van der Waals surface area contributed by atoms with Crippen molar-refractivity contribution in [2.24, 2.45) is 0 Å². The van der Waals surface area contributed by atoms with E-state index in [1.54, 1.807) is 17.8 Å². The fourth-order valence-corrected chi connectivity index (χ4v) is 4.94. The third-order valence-corrected chi connectivity index (χ3v) is 7.15. The topological polar surface area (TPSA) is 58.2 Å². The standard InChI is InChI=1S/C14H24N2O2S3/c1-19-11-3-2-9-16-21(17,18)14-7-6-13(20-14)8-10-15-12-4-5-12/h6-7,12,15-16H,2-5,8-11H2,1H3. The molecule has 0 atom stereocenters. The maximum Gasteiger partial charge on any atom is 0.250 e. The molecule has 2 N–H and O–H groups in total. The molecule has 0 unspecified atom stereocenters. The number of rotatable bonds is 11. The second-order valence-corrected chi connectivity index (χ2v) is 9.44. The van der Waals surface area contributed by atoms with Gasteiger partial charge in [0.25, 0.3) is 0 Å². The number of hydrogen-bond donors (Lipinski definition) is 2. The van der Waals surface area contributed by atoms with Crippen LogP contribution >= 0.6 is 23.1 Å². The Balaban J connectivity index is 1.74. The quantitative estimate of drug-likeness (QED) is 0.603. The van der Waals surface area contributed by atoms with E-state index in [1.165, 1.54) is 24.2 Å². The molecule has 120 valence electrons. The molecular weight excluding hydrogens is 324 g/mol. The van der Waals surface area contributed by atoms with Gasteiger partial charge < -0.3 is 5.32 Å². The third kappa shape index (κ3) is 6.28. The summed E-state index contributed by atoms with van der Waals surface area (Å²) in [7, 11) is -3.31. The van der Waals surface area contributed by atoms with E-state index in [4.69, 9.17) is 0 Å². The fourth-order valence-electron chi connectivity index (χ4n) is 1.97. The molecule has 7 heteroatoms. The second-order valence-electron chi connectivity index (χ2n) is 5.30. The van der Waals surface area contributed by atoms with E-state index >= 15 is 0 Å². The predicted octanol–water partition coefficient (Wildman–Crippen LogP) is 2.46. The highest BCUT2D eigenvalue weighted by Crippen LogP contribution is 2.23. The summed E-state index contributed by atoms with van der Waals surface area (Å²) < 4.78 is 27.4. The molecular formula is C14H24N2O2S3. The smallest absolute Gasteiger partial charge is 0.250 e. The van der Waals surface area contributed by atoms with Crippen LogP contribution < -0.4 is 10.0 Å². The summed E-state index contributed by atoms with van der Waals surface area (Å²) in [5.41, 5.74) is 0. The van der Waals surface area contributed by atoms with E-state index in [1.807, 2.05) is 6.07 Å². The summed E-state index contributed by atoms with van der Waals surface area (Å²) in [6.07, 6.45) is 7.48. The van der Waals surface area contributed by atoms with Crippen LogP contribution in [0.15, 0.2) is 16.3 Å².